The van der Waals surface area contributed by atoms with Gasteiger partial charge in [0.25, 0.3) is 0 Å². The Morgan fingerprint density at radius 2 is 1.71 bits per heavy atom. The van der Waals surface area contributed by atoms with Gasteiger partial charge in [-0.05, 0) is 31.6 Å². The molecule has 5 heteroatoms. The van der Waals surface area contributed by atoms with E-state index in [0.717, 1.165) is 0 Å². The monoisotopic (exact) mass is 243 g/mol. The zero-order chi connectivity index (χ0) is 13.0. The molecule has 0 spiro atoms. The molecule has 0 unspecified atom stereocenters. The predicted molar refractivity (Wildman–Crippen MR) is 62.4 cm³/mol. The maximum absolute atomic E-state index is 11.6. The number of aliphatic hydroxyl groups is 1. The molecule has 0 aliphatic heterocycles. The van der Waals surface area contributed by atoms with E-state index in [2.05, 4.69) is 5.32 Å². The number of carbonyl (C=O) groups excluding carboxylic acids is 1. The Morgan fingerprint density at radius 3 is 2.12 bits per heavy atom. The first-order chi connectivity index (χ1) is 7.91. The lowest BCUT2D eigenvalue weighted by Gasteiger charge is -2.28. The van der Waals surface area contributed by atoms with E-state index < -0.39 is 12.1 Å². The molecule has 1 fully saturated rings. The second kappa shape index (κ2) is 6.00. The van der Waals surface area contributed by atoms with Crippen LogP contribution in [0.1, 0.15) is 39.5 Å². The van der Waals surface area contributed by atoms with Crippen LogP contribution in [-0.4, -0.2) is 34.2 Å². The second-order valence-corrected chi connectivity index (χ2v) is 5.08. The number of hydrogen-bond acceptors (Lipinski definition) is 3. The van der Waals surface area contributed by atoms with Gasteiger partial charge in [-0.2, -0.15) is 0 Å². The van der Waals surface area contributed by atoms with E-state index in [1.807, 2.05) is 0 Å². The summed E-state index contributed by atoms with van der Waals surface area (Å²) in [7, 11) is 0. The van der Waals surface area contributed by atoms with Gasteiger partial charge in [-0.25, -0.2) is 0 Å². The first kappa shape index (κ1) is 14.0. The van der Waals surface area contributed by atoms with Gasteiger partial charge in [-0.3, -0.25) is 9.59 Å². The topological polar surface area (TPSA) is 86.6 Å². The molecule has 0 aromatic rings. The van der Waals surface area contributed by atoms with Crippen LogP contribution in [0.2, 0.25) is 0 Å². The maximum Gasteiger partial charge on any atom is 0.306 e. The molecule has 0 radical (unpaired) electrons. The maximum atomic E-state index is 11.6. The first-order valence-corrected chi connectivity index (χ1v) is 6.13. The van der Waals surface area contributed by atoms with Crippen molar-refractivity contribution in [2.75, 3.05) is 0 Å². The van der Waals surface area contributed by atoms with Gasteiger partial charge >= 0.3 is 5.97 Å². The van der Waals surface area contributed by atoms with E-state index in [1.165, 1.54) is 0 Å². The van der Waals surface area contributed by atoms with Crippen LogP contribution in [0.25, 0.3) is 0 Å². The van der Waals surface area contributed by atoms with Gasteiger partial charge in [0.15, 0.2) is 0 Å². The van der Waals surface area contributed by atoms with Crippen molar-refractivity contribution in [3.63, 3.8) is 0 Å². The lowest BCUT2D eigenvalue weighted by molar-refractivity contribution is -0.142. The van der Waals surface area contributed by atoms with Crippen LogP contribution in [0.3, 0.4) is 0 Å². The summed E-state index contributed by atoms with van der Waals surface area (Å²) in [6, 6.07) is 0.00602. The van der Waals surface area contributed by atoms with Gasteiger partial charge in [0.1, 0.15) is 6.10 Å². The fraction of sp³-hybridized carbons (Fsp3) is 0.833. The van der Waals surface area contributed by atoms with E-state index in [0.29, 0.717) is 25.7 Å². The molecule has 0 bridgehead atoms. The summed E-state index contributed by atoms with van der Waals surface area (Å²) in [5.74, 6) is -1.49. The molecule has 0 saturated heterocycles. The van der Waals surface area contributed by atoms with Crippen molar-refractivity contribution in [3.8, 4) is 0 Å². The molecule has 1 rings (SSSR count). The van der Waals surface area contributed by atoms with Gasteiger partial charge < -0.3 is 15.5 Å². The van der Waals surface area contributed by atoms with E-state index >= 15 is 0 Å². The zero-order valence-electron chi connectivity index (χ0n) is 10.3. The van der Waals surface area contributed by atoms with Gasteiger partial charge in [0.2, 0.25) is 5.91 Å². The third-order valence-electron chi connectivity index (χ3n) is 3.32. The van der Waals surface area contributed by atoms with Crippen molar-refractivity contribution in [2.45, 2.75) is 51.7 Å². The molecule has 1 atom stereocenters. The predicted octanol–water partition coefficient (Wildman–Crippen LogP) is 0.763. The number of carboxylic acids is 1. The molecule has 1 aliphatic carbocycles. The van der Waals surface area contributed by atoms with Gasteiger partial charge in [0, 0.05) is 6.04 Å². The molecule has 98 valence electrons. The Hall–Kier alpha value is -1.10. The van der Waals surface area contributed by atoms with Crippen LogP contribution < -0.4 is 5.32 Å². The highest BCUT2D eigenvalue weighted by molar-refractivity contribution is 5.81. The molecule has 1 amide bonds. The Kier molecular flexibility index (Phi) is 4.93. The molecule has 0 heterocycles. The van der Waals surface area contributed by atoms with Crippen molar-refractivity contribution >= 4 is 11.9 Å². The fourth-order valence-corrected chi connectivity index (χ4v) is 2.07. The van der Waals surface area contributed by atoms with Crippen LogP contribution in [0.5, 0.6) is 0 Å². The molecule has 1 saturated carbocycles. The van der Waals surface area contributed by atoms with Crippen LogP contribution in [-0.2, 0) is 9.59 Å². The highest BCUT2D eigenvalue weighted by Gasteiger charge is 2.28. The standard InChI is InChI=1S/C12H21NO4/c1-7(2)10(14)11(15)13-9-5-3-8(4-6-9)12(16)17/h7-10,14H,3-6H2,1-2H3,(H,13,15)(H,16,17)/t8?,9?,10-/m1/s1. The largest absolute Gasteiger partial charge is 0.481 e. The van der Waals surface area contributed by atoms with E-state index in [1.54, 1.807) is 13.8 Å². The van der Waals surface area contributed by atoms with Crippen molar-refractivity contribution in [2.24, 2.45) is 11.8 Å². The van der Waals surface area contributed by atoms with E-state index in [4.69, 9.17) is 5.11 Å². The van der Waals surface area contributed by atoms with Crippen molar-refractivity contribution in [1.29, 1.82) is 0 Å². The number of amides is 1. The first-order valence-electron chi connectivity index (χ1n) is 6.13. The molecule has 17 heavy (non-hydrogen) atoms. The quantitative estimate of drug-likeness (QED) is 0.680. The minimum atomic E-state index is -0.979. The highest BCUT2D eigenvalue weighted by Crippen LogP contribution is 2.24. The van der Waals surface area contributed by atoms with E-state index in [9.17, 15) is 14.7 Å². The summed E-state index contributed by atoms with van der Waals surface area (Å²) in [6.45, 7) is 3.57. The van der Waals surface area contributed by atoms with Crippen molar-refractivity contribution in [3.05, 3.63) is 0 Å². The van der Waals surface area contributed by atoms with Crippen LogP contribution in [0.4, 0.5) is 0 Å². The third kappa shape index (κ3) is 4.00. The summed E-state index contributed by atoms with van der Waals surface area (Å²) in [5, 5.41) is 21.2. The number of nitrogens with one attached hydrogen (secondary N) is 1. The number of hydrogen-bond donors (Lipinski definition) is 3. The van der Waals surface area contributed by atoms with Crippen molar-refractivity contribution < 1.29 is 19.8 Å². The number of carbonyl (C=O) groups is 2. The number of aliphatic hydroxyl groups excluding tert-OH is 1. The third-order valence-corrected chi connectivity index (χ3v) is 3.32. The second-order valence-electron chi connectivity index (χ2n) is 5.08. The minimum absolute atomic E-state index is 0.00602. The smallest absolute Gasteiger partial charge is 0.306 e. The molecule has 0 aromatic heterocycles. The summed E-state index contributed by atoms with van der Waals surface area (Å²) in [4.78, 5) is 22.3. The molecule has 1 aliphatic rings. The number of carboxylic acid groups (broad SMARTS) is 1. The lowest BCUT2D eigenvalue weighted by Crippen LogP contribution is -2.45. The zero-order valence-corrected chi connectivity index (χ0v) is 10.3. The minimum Gasteiger partial charge on any atom is -0.481 e. The van der Waals surface area contributed by atoms with Gasteiger partial charge in [0.05, 0.1) is 5.92 Å². The molecule has 3 N–H and O–H groups in total. The number of rotatable bonds is 4. The summed E-state index contributed by atoms with van der Waals surface area (Å²) in [5.41, 5.74) is 0. The van der Waals surface area contributed by atoms with E-state index in [-0.39, 0.29) is 23.8 Å². The lowest BCUT2D eigenvalue weighted by atomic mass is 9.86. The summed E-state index contributed by atoms with van der Waals surface area (Å²) < 4.78 is 0. The van der Waals surface area contributed by atoms with Crippen LogP contribution >= 0.6 is 0 Å². The molecular weight excluding hydrogens is 222 g/mol. The molecule has 5 nitrogen and oxygen atoms in total. The Bertz CT molecular complexity index is 282. The summed E-state index contributed by atoms with van der Waals surface area (Å²) in [6.07, 6.45) is 1.56. The van der Waals surface area contributed by atoms with Gasteiger partial charge in [-0.1, -0.05) is 13.8 Å². The Balaban J connectivity index is 2.35. The Labute approximate surface area is 101 Å². The van der Waals surface area contributed by atoms with Crippen LogP contribution in [0.15, 0.2) is 0 Å². The Morgan fingerprint density at radius 1 is 1.18 bits per heavy atom. The summed E-state index contributed by atoms with van der Waals surface area (Å²) >= 11 is 0. The molecular formula is C12H21NO4. The average Bonchev–Trinajstić information content (AvgIpc) is 2.28. The molecule has 0 aromatic carbocycles. The highest BCUT2D eigenvalue weighted by atomic mass is 16.4. The normalized spacial score (nSPS) is 26.6. The SMILES string of the molecule is CC(C)[C@@H](O)C(=O)NC1CCC(C(=O)O)CC1. The fourth-order valence-electron chi connectivity index (χ4n) is 2.07. The van der Waals surface area contributed by atoms with Gasteiger partial charge in [-0.15, -0.1) is 0 Å². The van der Waals surface area contributed by atoms with Crippen LogP contribution in [0, 0.1) is 11.8 Å². The van der Waals surface area contributed by atoms with Crippen molar-refractivity contribution in [1.82, 2.24) is 5.32 Å². The average molecular weight is 243 g/mol. The number of aliphatic carboxylic acids is 1.